The minimum Gasteiger partial charge on any atom is -0.489 e. The lowest BCUT2D eigenvalue weighted by atomic mass is 9.49. The zero-order valence-electron chi connectivity index (χ0n) is 21.2. The van der Waals surface area contributed by atoms with Crippen molar-refractivity contribution in [3.63, 3.8) is 0 Å². The molecule has 0 radical (unpaired) electrons. The fraction of sp³-hybridized carbons (Fsp3) is 0.500. The van der Waals surface area contributed by atoms with Crippen LogP contribution in [0.2, 0.25) is 5.02 Å². The lowest BCUT2D eigenvalue weighted by molar-refractivity contribution is -0.164. The van der Waals surface area contributed by atoms with E-state index in [1.54, 1.807) is 18.2 Å². The number of rotatable bonds is 6. The van der Waals surface area contributed by atoms with Gasteiger partial charge in [-0.1, -0.05) is 39.3 Å². The quantitative estimate of drug-likeness (QED) is 0.590. The first kappa shape index (κ1) is 25.3. The molecule has 35 heavy (non-hydrogen) atoms. The number of ether oxygens (including phenoxy) is 1. The highest BCUT2D eigenvalue weighted by atomic mass is 35.5. The number of benzene rings is 2. The van der Waals surface area contributed by atoms with Gasteiger partial charge in [0.15, 0.2) is 0 Å². The summed E-state index contributed by atoms with van der Waals surface area (Å²) in [6.45, 7) is 10.5. The number of nitrogens with one attached hydrogen (secondary N) is 2. The van der Waals surface area contributed by atoms with Crippen LogP contribution in [0.15, 0.2) is 42.5 Å². The smallest absolute Gasteiger partial charge is 0.251 e. The van der Waals surface area contributed by atoms with E-state index in [0.717, 1.165) is 31.6 Å². The highest BCUT2D eigenvalue weighted by molar-refractivity contribution is 6.31. The molecule has 1 amide bonds. The Hall–Kier alpha value is -2.75. The van der Waals surface area contributed by atoms with Crippen molar-refractivity contribution in [2.45, 2.75) is 58.7 Å². The molecule has 1 aliphatic carbocycles. The van der Waals surface area contributed by atoms with Crippen molar-refractivity contribution in [1.82, 2.24) is 10.6 Å². The third-order valence-electron chi connectivity index (χ3n) is 7.83. The normalized spacial score (nSPS) is 23.2. The number of halogens is 1. The molecule has 0 unspecified atom stereocenters. The number of hydrogen-bond donors (Lipinski definition) is 2. The maximum atomic E-state index is 13.2. The molecule has 2 aromatic rings. The van der Waals surface area contributed by atoms with Gasteiger partial charge < -0.3 is 20.3 Å². The first-order chi connectivity index (χ1) is 16.6. The fourth-order valence-electron chi connectivity index (χ4n) is 6.06. The molecule has 2 aliphatic rings. The van der Waals surface area contributed by atoms with E-state index in [-0.39, 0.29) is 28.9 Å². The lowest BCUT2D eigenvalue weighted by Crippen LogP contribution is -2.74. The summed E-state index contributed by atoms with van der Waals surface area (Å²) in [5, 5.41) is 16.1. The van der Waals surface area contributed by atoms with E-state index in [9.17, 15) is 4.79 Å². The Balaban J connectivity index is 1.40. The molecule has 1 saturated carbocycles. The van der Waals surface area contributed by atoms with Gasteiger partial charge in [-0.15, -0.1) is 0 Å². The molecule has 0 bridgehead atoms. The molecule has 2 fully saturated rings. The van der Waals surface area contributed by atoms with Gasteiger partial charge in [0, 0.05) is 53.3 Å². The van der Waals surface area contributed by atoms with Crippen molar-refractivity contribution in [2.75, 3.05) is 25.0 Å². The molecule has 1 saturated heterocycles. The van der Waals surface area contributed by atoms with Crippen molar-refractivity contribution in [3.05, 3.63) is 58.6 Å². The number of nitriles is 1. The summed E-state index contributed by atoms with van der Waals surface area (Å²) >= 11 is 6.19. The van der Waals surface area contributed by atoms with Gasteiger partial charge in [0.2, 0.25) is 0 Å². The summed E-state index contributed by atoms with van der Waals surface area (Å²) in [5.41, 5.74) is 1.65. The van der Waals surface area contributed by atoms with Crippen LogP contribution in [0.5, 0.6) is 5.75 Å². The molecule has 6 nitrogen and oxygen atoms in total. The Morgan fingerprint density at radius 2 is 1.71 bits per heavy atom. The molecule has 0 atom stereocenters. The maximum absolute atomic E-state index is 13.2. The van der Waals surface area contributed by atoms with E-state index in [1.807, 2.05) is 31.3 Å². The Kier molecular flexibility index (Phi) is 7.04. The minimum atomic E-state index is -0.295. The van der Waals surface area contributed by atoms with Gasteiger partial charge in [0.25, 0.3) is 5.91 Å². The van der Waals surface area contributed by atoms with E-state index >= 15 is 0 Å². The highest BCUT2D eigenvalue weighted by Gasteiger charge is 2.64. The van der Waals surface area contributed by atoms with Crippen molar-refractivity contribution in [2.24, 2.45) is 10.8 Å². The average Bonchev–Trinajstić information content (AvgIpc) is 2.85. The Labute approximate surface area is 213 Å². The molecule has 2 aromatic carbocycles. The second-order valence-electron chi connectivity index (χ2n) is 10.9. The van der Waals surface area contributed by atoms with Crippen LogP contribution in [0.25, 0.3) is 0 Å². The minimum absolute atomic E-state index is 0.0680. The van der Waals surface area contributed by atoms with Gasteiger partial charge in [0.1, 0.15) is 17.9 Å². The molecular weight excluding hydrogens is 460 g/mol. The summed E-state index contributed by atoms with van der Waals surface area (Å²) in [6.07, 6.45) is 2.12. The number of nitrogens with zero attached hydrogens (tertiary/aromatic N) is 2. The van der Waals surface area contributed by atoms with Gasteiger partial charge in [0.05, 0.1) is 10.6 Å². The lowest BCUT2D eigenvalue weighted by Gasteiger charge is -2.63. The SMILES string of the molecule is CNC1CCN(c2ccc(C(=O)N[C@H]3C(C)(C)[C@H](Oc4ccc(C#N)c(Cl)c4)C3(C)C)cc2)CC1. The summed E-state index contributed by atoms with van der Waals surface area (Å²) in [6, 6.07) is 15.6. The number of piperidine rings is 1. The average molecular weight is 495 g/mol. The monoisotopic (exact) mass is 494 g/mol. The van der Waals surface area contributed by atoms with Crippen molar-refractivity contribution in [1.29, 1.82) is 5.26 Å². The first-order valence-corrected chi connectivity index (χ1v) is 12.6. The second kappa shape index (κ2) is 9.72. The van der Waals surface area contributed by atoms with Gasteiger partial charge >= 0.3 is 0 Å². The molecule has 4 rings (SSSR count). The van der Waals surface area contributed by atoms with E-state index < -0.39 is 0 Å². The van der Waals surface area contributed by atoms with Crippen LogP contribution in [-0.4, -0.2) is 44.2 Å². The third-order valence-corrected chi connectivity index (χ3v) is 8.14. The molecule has 7 heteroatoms. The molecular formula is C28H35ClN4O2. The standard InChI is InChI=1S/C28H35ClN4O2/c1-27(2)25(28(3,4)26(27)35-22-11-8-19(17-30)23(29)16-22)32-24(34)18-6-9-21(10-7-18)33-14-12-20(31-5)13-15-33/h6-11,16,20,25-26,31H,12-15H2,1-5H3,(H,32,34)/t25-,26-. The molecule has 186 valence electrons. The molecule has 0 spiro atoms. The predicted molar refractivity (Wildman–Crippen MR) is 140 cm³/mol. The van der Waals surface area contributed by atoms with E-state index in [2.05, 4.69) is 49.3 Å². The van der Waals surface area contributed by atoms with Crippen LogP contribution in [-0.2, 0) is 0 Å². The van der Waals surface area contributed by atoms with E-state index in [4.69, 9.17) is 21.6 Å². The van der Waals surface area contributed by atoms with Crippen molar-refractivity contribution in [3.8, 4) is 11.8 Å². The summed E-state index contributed by atoms with van der Waals surface area (Å²) in [7, 11) is 2.02. The Morgan fingerprint density at radius 1 is 1.09 bits per heavy atom. The van der Waals surface area contributed by atoms with Crippen molar-refractivity contribution < 1.29 is 9.53 Å². The molecule has 0 aromatic heterocycles. The Bertz CT molecular complexity index is 1100. The topological polar surface area (TPSA) is 77.4 Å². The van der Waals surface area contributed by atoms with Crippen LogP contribution < -0.4 is 20.3 Å². The zero-order chi connectivity index (χ0) is 25.4. The van der Waals surface area contributed by atoms with Crippen LogP contribution in [0.4, 0.5) is 5.69 Å². The number of carbonyl (C=O) groups excluding carboxylic acids is 1. The second-order valence-corrected chi connectivity index (χ2v) is 11.3. The maximum Gasteiger partial charge on any atom is 0.251 e. The molecule has 1 heterocycles. The van der Waals surface area contributed by atoms with Gasteiger partial charge in [-0.2, -0.15) is 5.26 Å². The zero-order valence-corrected chi connectivity index (χ0v) is 21.9. The Morgan fingerprint density at radius 3 is 2.26 bits per heavy atom. The largest absolute Gasteiger partial charge is 0.489 e. The first-order valence-electron chi connectivity index (χ1n) is 12.3. The van der Waals surface area contributed by atoms with E-state index in [0.29, 0.717) is 27.9 Å². The summed E-state index contributed by atoms with van der Waals surface area (Å²) in [4.78, 5) is 15.5. The van der Waals surface area contributed by atoms with Crippen LogP contribution in [0, 0.1) is 22.2 Å². The molecule has 1 aliphatic heterocycles. The van der Waals surface area contributed by atoms with Gasteiger partial charge in [-0.05, 0) is 56.3 Å². The van der Waals surface area contributed by atoms with Crippen LogP contribution >= 0.6 is 11.6 Å². The number of carbonyl (C=O) groups is 1. The third kappa shape index (κ3) is 4.85. The van der Waals surface area contributed by atoms with Gasteiger partial charge in [-0.3, -0.25) is 4.79 Å². The van der Waals surface area contributed by atoms with Crippen LogP contribution in [0.3, 0.4) is 0 Å². The van der Waals surface area contributed by atoms with E-state index in [1.165, 1.54) is 0 Å². The van der Waals surface area contributed by atoms with Crippen LogP contribution in [0.1, 0.15) is 56.5 Å². The number of amides is 1. The fourth-order valence-corrected chi connectivity index (χ4v) is 6.27. The molecule has 2 N–H and O–H groups in total. The van der Waals surface area contributed by atoms with Gasteiger partial charge in [-0.25, -0.2) is 0 Å². The predicted octanol–water partition coefficient (Wildman–Crippen LogP) is 5.01. The number of anilines is 1. The summed E-state index contributed by atoms with van der Waals surface area (Å²) in [5.74, 6) is 0.552. The van der Waals surface area contributed by atoms with Crippen molar-refractivity contribution >= 4 is 23.2 Å². The summed E-state index contributed by atoms with van der Waals surface area (Å²) < 4.78 is 6.32. The number of hydrogen-bond acceptors (Lipinski definition) is 5. The highest BCUT2D eigenvalue weighted by Crippen LogP contribution is 2.55.